The van der Waals surface area contributed by atoms with Gasteiger partial charge in [-0.15, -0.1) is 0 Å². The molecule has 0 fully saturated rings. The van der Waals surface area contributed by atoms with Crippen molar-refractivity contribution in [3.05, 3.63) is 45.4 Å². The van der Waals surface area contributed by atoms with E-state index in [0.717, 1.165) is 19.3 Å². The van der Waals surface area contributed by atoms with Crippen molar-refractivity contribution < 1.29 is 9.90 Å². The molecule has 0 atom stereocenters. The van der Waals surface area contributed by atoms with Crippen molar-refractivity contribution in [2.45, 2.75) is 25.7 Å². The minimum absolute atomic E-state index is 0.0826. The summed E-state index contributed by atoms with van der Waals surface area (Å²) >= 11 is 0. The van der Waals surface area contributed by atoms with Gasteiger partial charge in [0.2, 0.25) is 0 Å². The maximum atomic E-state index is 11.8. The van der Waals surface area contributed by atoms with E-state index in [1.54, 1.807) is 0 Å². The maximum Gasteiger partial charge on any atom is 0.354 e. The number of fused-ring (bicyclic) bond motifs is 1. The second kappa shape index (κ2) is 4.42. The highest BCUT2D eigenvalue weighted by atomic mass is 16.4. The van der Waals surface area contributed by atoms with E-state index in [4.69, 9.17) is 5.11 Å². The minimum Gasteiger partial charge on any atom is -0.477 e. The zero-order chi connectivity index (χ0) is 13.4. The van der Waals surface area contributed by atoms with Crippen LogP contribution in [0.2, 0.25) is 0 Å². The number of carbonyl (C=O) groups is 1. The maximum absolute atomic E-state index is 11.8. The third kappa shape index (κ3) is 1.97. The highest BCUT2D eigenvalue weighted by Crippen LogP contribution is 2.27. The van der Waals surface area contributed by atoms with E-state index in [0.29, 0.717) is 5.56 Å². The highest BCUT2D eigenvalue weighted by Gasteiger charge is 2.19. The minimum atomic E-state index is -1.13. The summed E-state index contributed by atoms with van der Waals surface area (Å²) in [5.74, 6) is -1.13. The number of hydrogen-bond acceptors (Lipinski definition) is 2. The first kappa shape index (κ1) is 11.8. The fourth-order valence-corrected chi connectivity index (χ4v) is 2.68. The zero-order valence-electron chi connectivity index (χ0n) is 10.3. The van der Waals surface area contributed by atoms with Gasteiger partial charge in [-0.3, -0.25) is 15.0 Å². The number of aryl methyl sites for hydroxylation is 2. The van der Waals surface area contributed by atoms with Crippen LogP contribution < -0.4 is 5.56 Å². The van der Waals surface area contributed by atoms with E-state index in [-0.39, 0.29) is 11.3 Å². The van der Waals surface area contributed by atoms with Gasteiger partial charge in [-0.1, -0.05) is 18.2 Å². The van der Waals surface area contributed by atoms with Gasteiger partial charge in [0.1, 0.15) is 0 Å². The van der Waals surface area contributed by atoms with Gasteiger partial charge in [-0.25, -0.2) is 4.79 Å². The van der Waals surface area contributed by atoms with Crippen molar-refractivity contribution in [3.63, 3.8) is 0 Å². The van der Waals surface area contributed by atoms with E-state index >= 15 is 0 Å². The molecule has 1 aromatic carbocycles. The highest BCUT2D eigenvalue weighted by molar-refractivity contribution is 5.93. The molecule has 1 aromatic heterocycles. The predicted molar refractivity (Wildman–Crippen MR) is 70.5 cm³/mol. The van der Waals surface area contributed by atoms with Crippen LogP contribution in [0.15, 0.2) is 23.0 Å². The molecule has 0 bridgehead atoms. The van der Waals surface area contributed by atoms with Crippen LogP contribution in [0.5, 0.6) is 0 Å². The van der Waals surface area contributed by atoms with Crippen molar-refractivity contribution >= 4 is 5.97 Å². The summed E-state index contributed by atoms with van der Waals surface area (Å²) in [5.41, 5.74) is 2.93. The van der Waals surface area contributed by atoms with Crippen LogP contribution in [0.25, 0.3) is 11.1 Å². The average molecular weight is 258 g/mol. The topological polar surface area (TPSA) is 85.9 Å². The Morgan fingerprint density at radius 3 is 2.58 bits per heavy atom. The molecule has 5 nitrogen and oxygen atoms in total. The molecule has 3 N–H and O–H groups in total. The molecule has 0 saturated carbocycles. The van der Waals surface area contributed by atoms with E-state index in [2.05, 4.69) is 10.2 Å². The lowest BCUT2D eigenvalue weighted by Gasteiger charge is -2.16. The molecule has 0 radical (unpaired) electrons. The number of benzene rings is 1. The van der Waals surface area contributed by atoms with Gasteiger partial charge in [0.15, 0.2) is 5.69 Å². The summed E-state index contributed by atoms with van der Waals surface area (Å²) in [6, 6.07) is 5.77. The Hall–Kier alpha value is -2.30. The van der Waals surface area contributed by atoms with E-state index in [1.165, 1.54) is 17.5 Å². The van der Waals surface area contributed by atoms with Crippen molar-refractivity contribution in [1.82, 2.24) is 10.2 Å². The van der Waals surface area contributed by atoms with Gasteiger partial charge >= 0.3 is 5.97 Å². The lowest BCUT2D eigenvalue weighted by molar-refractivity contribution is 0.0691. The Balaban J connectivity index is 2.15. The average Bonchev–Trinajstić information content (AvgIpc) is 2.80. The van der Waals surface area contributed by atoms with E-state index in [9.17, 15) is 9.59 Å². The van der Waals surface area contributed by atoms with Crippen molar-refractivity contribution in [2.24, 2.45) is 0 Å². The van der Waals surface area contributed by atoms with Gasteiger partial charge < -0.3 is 5.11 Å². The lowest BCUT2D eigenvalue weighted by Crippen LogP contribution is -2.07. The SMILES string of the molecule is O=C(O)c1[nH][nH]c(=O)c1-c1ccc2c(c1)CCCC2. The molecule has 0 aliphatic heterocycles. The quantitative estimate of drug-likeness (QED) is 0.769. The number of aromatic carboxylic acids is 1. The normalized spacial score (nSPS) is 14.1. The number of aromatic nitrogens is 2. The lowest BCUT2D eigenvalue weighted by atomic mass is 9.89. The molecule has 5 heteroatoms. The van der Waals surface area contributed by atoms with Gasteiger partial charge in [0.05, 0.1) is 5.56 Å². The number of aromatic amines is 2. The van der Waals surface area contributed by atoms with Crippen LogP contribution in [0.1, 0.15) is 34.5 Å². The molecule has 0 unspecified atom stereocenters. The largest absolute Gasteiger partial charge is 0.477 e. The van der Waals surface area contributed by atoms with Crippen LogP contribution in [0, 0.1) is 0 Å². The first-order valence-electron chi connectivity index (χ1n) is 6.33. The second-order valence-electron chi connectivity index (χ2n) is 4.82. The molecule has 3 rings (SSSR count). The number of nitrogens with one attached hydrogen (secondary N) is 2. The number of hydrogen-bond donors (Lipinski definition) is 3. The molecule has 0 amide bonds. The third-order valence-electron chi connectivity index (χ3n) is 3.63. The summed E-state index contributed by atoms with van der Waals surface area (Å²) in [4.78, 5) is 22.9. The van der Waals surface area contributed by atoms with E-state index < -0.39 is 11.5 Å². The molecule has 1 aliphatic carbocycles. The van der Waals surface area contributed by atoms with Crippen LogP contribution in [0.3, 0.4) is 0 Å². The van der Waals surface area contributed by atoms with Crippen molar-refractivity contribution in [3.8, 4) is 11.1 Å². The van der Waals surface area contributed by atoms with E-state index in [1.807, 2.05) is 18.2 Å². The predicted octanol–water partition coefficient (Wildman–Crippen LogP) is 1.95. The second-order valence-corrected chi connectivity index (χ2v) is 4.82. The summed E-state index contributed by atoms with van der Waals surface area (Å²) in [6.45, 7) is 0. The molecule has 19 heavy (non-hydrogen) atoms. The Labute approximate surface area is 109 Å². The Morgan fingerprint density at radius 1 is 1.11 bits per heavy atom. The fourth-order valence-electron chi connectivity index (χ4n) is 2.68. The zero-order valence-corrected chi connectivity index (χ0v) is 10.3. The van der Waals surface area contributed by atoms with Crippen LogP contribution >= 0.6 is 0 Å². The molecule has 0 spiro atoms. The summed E-state index contributed by atoms with van der Waals surface area (Å²) in [7, 11) is 0. The van der Waals surface area contributed by atoms with Crippen LogP contribution in [-0.2, 0) is 12.8 Å². The fraction of sp³-hybridized carbons (Fsp3) is 0.286. The molecular formula is C14H14N2O3. The standard InChI is InChI=1S/C14H14N2O3/c17-13-11(12(14(18)19)15-16-13)10-6-5-8-3-1-2-4-9(8)7-10/h5-7H,1-4H2,(H,18,19)(H2,15,16,17). The van der Waals surface area contributed by atoms with Crippen LogP contribution in [0.4, 0.5) is 0 Å². The van der Waals surface area contributed by atoms with Gasteiger partial charge in [-0.2, -0.15) is 0 Å². The smallest absolute Gasteiger partial charge is 0.354 e. The first-order chi connectivity index (χ1) is 9.16. The molecule has 98 valence electrons. The Bertz CT molecular complexity index is 697. The number of H-pyrrole nitrogens is 2. The number of carboxylic acid groups (broad SMARTS) is 1. The monoisotopic (exact) mass is 258 g/mol. The molecule has 0 saturated heterocycles. The Morgan fingerprint density at radius 2 is 1.84 bits per heavy atom. The summed E-state index contributed by atoms with van der Waals surface area (Å²) in [5, 5.41) is 13.8. The molecule has 1 aliphatic rings. The van der Waals surface area contributed by atoms with Crippen molar-refractivity contribution in [1.29, 1.82) is 0 Å². The van der Waals surface area contributed by atoms with Crippen molar-refractivity contribution in [2.75, 3.05) is 0 Å². The molecule has 2 aromatic rings. The van der Waals surface area contributed by atoms with Crippen LogP contribution in [-0.4, -0.2) is 21.3 Å². The van der Waals surface area contributed by atoms with Gasteiger partial charge in [0.25, 0.3) is 5.56 Å². The molecule has 1 heterocycles. The number of rotatable bonds is 2. The summed E-state index contributed by atoms with van der Waals surface area (Å²) < 4.78 is 0. The first-order valence-corrected chi connectivity index (χ1v) is 6.33. The number of carboxylic acids is 1. The third-order valence-corrected chi connectivity index (χ3v) is 3.63. The summed E-state index contributed by atoms with van der Waals surface area (Å²) in [6.07, 6.45) is 4.39. The van der Waals surface area contributed by atoms with Gasteiger partial charge in [-0.05, 0) is 42.4 Å². The Kier molecular flexibility index (Phi) is 2.74. The van der Waals surface area contributed by atoms with Gasteiger partial charge in [0, 0.05) is 0 Å². The molecular weight excluding hydrogens is 244 g/mol.